The molecule has 3 N–H and O–H groups in total. The number of nitrogens with zero attached hydrogens (tertiary/aromatic N) is 1. The Bertz CT molecular complexity index is 333. The molecule has 2 rings (SSSR count). The SMILES string of the molecule is NCC1CN(C(=O)Nc2ccccc2)C1. The fourth-order valence-electron chi connectivity index (χ4n) is 1.61. The average Bonchev–Trinajstić information content (AvgIpc) is 2.17. The van der Waals surface area contributed by atoms with Gasteiger partial charge < -0.3 is 16.0 Å². The van der Waals surface area contributed by atoms with Crippen molar-refractivity contribution in [1.29, 1.82) is 0 Å². The Balaban J connectivity index is 1.84. The number of nitrogens with two attached hydrogens (primary N) is 1. The normalized spacial score (nSPS) is 15.9. The van der Waals surface area contributed by atoms with Crippen molar-refractivity contribution in [2.45, 2.75) is 0 Å². The Labute approximate surface area is 89.1 Å². The van der Waals surface area contributed by atoms with Gasteiger partial charge in [0.25, 0.3) is 0 Å². The van der Waals surface area contributed by atoms with Crippen LogP contribution < -0.4 is 11.1 Å². The van der Waals surface area contributed by atoms with Crippen molar-refractivity contribution in [2.75, 3.05) is 25.0 Å². The Morgan fingerprint density at radius 2 is 2.07 bits per heavy atom. The zero-order chi connectivity index (χ0) is 10.7. The minimum atomic E-state index is -0.0362. The molecule has 1 aliphatic rings. The number of anilines is 1. The molecule has 1 aromatic rings. The van der Waals surface area contributed by atoms with E-state index in [0.717, 1.165) is 18.8 Å². The van der Waals surface area contributed by atoms with Gasteiger partial charge in [0, 0.05) is 24.7 Å². The molecule has 0 unspecified atom stereocenters. The van der Waals surface area contributed by atoms with Gasteiger partial charge in [-0.05, 0) is 18.7 Å². The zero-order valence-corrected chi connectivity index (χ0v) is 8.52. The molecule has 1 aliphatic heterocycles. The minimum Gasteiger partial charge on any atom is -0.330 e. The molecule has 1 saturated heterocycles. The number of amides is 2. The van der Waals surface area contributed by atoms with Crippen molar-refractivity contribution in [1.82, 2.24) is 4.90 Å². The fourth-order valence-corrected chi connectivity index (χ4v) is 1.61. The predicted octanol–water partition coefficient (Wildman–Crippen LogP) is 1.11. The Kier molecular flexibility index (Phi) is 2.87. The van der Waals surface area contributed by atoms with E-state index in [4.69, 9.17) is 5.73 Å². The van der Waals surface area contributed by atoms with E-state index in [9.17, 15) is 4.79 Å². The highest BCUT2D eigenvalue weighted by atomic mass is 16.2. The van der Waals surface area contributed by atoms with Crippen LogP contribution in [0.1, 0.15) is 0 Å². The zero-order valence-electron chi connectivity index (χ0n) is 8.52. The number of nitrogens with one attached hydrogen (secondary N) is 1. The summed E-state index contributed by atoms with van der Waals surface area (Å²) < 4.78 is 0. The van der Waals surface area contributed by atoms with Crippen molar-refractivity contribution >= 4 is 11.7 Å². The molecule has 15 heavy (non-hydrogen) atoms. The summed E-state index contributed by atoms with van der Waals surface area (Å²) in [5, 5.41) is 2.83. The van der Waals surface area contributed by atoms with E-state index >= 15 is 0 Å². The van der Waals surface area contributed by atoms with Gasteiger partial charge >= 0.3 is 6.03 Å². The third-order valence-electron chi connectivity index (χ3n) is 2.60. The molecule has 0 saturated carbocycles. The monoisotopic (exact) mass is 205 g/mol. The Morgan fingerprint density at radius 3 is 2.67 bits per heavy atom. The quantitative estimate of drug-likeness (QED) is 0.759. The number of urea groups is 1. The summed E-state index contributed by atoms with van der Waals surface area (Å²) in [6, 6.07) is 9.42. The molecule has 2 amide bonds. The van der Waals surface area contributed by atoms with Crippen molar-refractivity contribution < 1.29 is 4.79 Å². The molecule has 1 heterocycles. The molecule has 0 spiro atoms. The molecule has 0 radical (unpaired) electrons. The van der Waals surface area contributed by atoms with Gasteiger partial charge in [-0.25, -0.2) is 4.79 Å². The summed E-state index contributed by atoms with van der Waals surface area (Å²) in [6.45, 7) is 2.21. The van der Waals surface area contributed by atoms with Gasteiger partial charge in [0.15, 0.2) is 0 Å². The van der Waals surface area contributed by atoms with E-state index in [2.05, 4.69) is 5.32 Å². The second kappa shape index (κ2) is 4.31. The lowest BCUT2D eigenvalue weighted by Gasteiger charge is -2.38. The van der Waals surface area contributed by atoms with Crippen LogP contribution in [0.4, 0.5) is 10.5 Å². The standard InChI is InChI=1S/C11H15N3O/c12-6-9-7-14(8-9)11(15)13-10-4-2-1-3-5-10/h1-5,9H,6-8,12H2,(H,13,15). The molecule has 1 aromatic carbocycles. The molecule has 4 heteroatoms. The van der Waals surface area contributed by atoms with Crippen molar-refractivity contribution in [2.24, 2.45) is 11.7 Å². The van der Waals surface area contributed by atoms with E-state index < -0.39 is 0 Å². The number of benzene rings is 1. The maximum Gasteiger partial charge on any atom is 0.321 e. The molecule has 0 atom stereocenters. The molecule has 1 fully saturated rings. The molecule has 80 valence electrons. The summed E-state index contributed by atoms with van der Waals surface area (Å²) in [7, 11) is 0. The lowest BCUT2D eigenvalue weighted by Crippen LogP contribution is -2.53. The van der Waals surface area contributed by atoms with E-state index in [1.54, 1.807) is 4.90 Å². The lowest BCUT2D eigenvalue weighted by molar-refractivity contribution is 0.135. The van der Waals surface area contributed by atoms with Crippen molar-refractivity contribution in [3.05, 3.63) is 30.3 Å². The second-order valence-electron chi connectivity index (χ2n) is 3.80. The molecular weight excluding hydrogens is 190 g/mol. The number of hydrogen-bond acceptors (Lipinski definition) is 2. The van der Waals surface area contributed by atoms with E-state index in [1.807, 2.05) is 30.3 Å². The third-order valence-corrected chi connectivity index (χ3v) is 2.60. The summed E-state index contributed by atoms with van der Waals surface area (Å²) >= 11 is 0. The van der Waals surface area contributed by atoms with Gasteiger partial charge in [0.05, 0.1) is 0 Å². The summed E-state index contributed by atoms with van der Waals surface area (Å²) in [4.78, 5) is 13.4. The highest BCUT2D eigenvalue weighted by molar-refractivity contribution is 5.89. The third kappa shape index (κ3) is 2.27. The average molecular weight is 205 g/mol. The number of carbonyl (C=O) groups is 1. The first-order chi connectivity index (χ1) is 7.29. The van der Waals surface area contributed by atoms with Gasteiger partial charge in [-0.3, -0.25) is 0 Å². The first-order valence-corrected chi connectivity index (χ1v) is 5.10. The topological polar surface area (TPSA) is 58.4 Å². The van der Waals surface area contributed by atoms with Gasteiger partial charge in [0.1, 0.15) is 0 Å². The van der Waals surface area contributed by atoms with Crippen LogP contribution in [0, 0.1) is 5.92 Å². The van der Waals surface area contributed by atoms with Crippen LogP contribution in [0.3, 0.4) is 0 Å². The van der Waals surface area contributed by atoms with Crippen LogP contribution in [-0.2, 0) is 0 Å². The van der Waals surface area contributed by atoms with Crippen LogP contribution >= 0.6 is 0 Å². The van der Waals surface area contributed by atoms with Crippen molar-refractivity contribution in [3.63, 3.8) is 0 Å². The van der Waals surface area contributed by atoms with Crippen LogP contribution in [0.2, 0.25) is 0 Å². The predicted molar refractivity (Wildman–Crippen MR) is 59.6 cm³/mol. The van der Waals surface area contributed by atoms with Gasteiger partial charge in [-0.1, -0.05) is 18.2 Å². The van der Waals surface area contributed by atoms with Crippen LogP contribution in [-0.4, -0.2) is 30.6 Å². The first kappa shape index (κ1) is 9.98. The molecular formula is C11H15N3O. The number of rotatable bonds is 2. The number of carbonyl (C=O) groups excluding carboxylic acids is 1. The summed E-state index contributed by atoms with van der Waals surface area (Å²) in [6.07, 6.45) is 0. The van der Waals surface area contributed by atoms with E-state index in [1.165, 1.54) is 0 Å². The number of likely N-dealkylation sites (tertiary alicyclic amines) is 1. The molecule has 0 aromatic heterocycles. The molecule has 0 bridgehead atoms. The minimum absolute atomic E-state index is 0.0362. The lowest BCUT2D eigenvalue weighted by atomic mass is 10.0. The maximum atomic E-state index is 11.6. The number of para-hydroxylation sites is 1. The first-order valence-electron chi connectivity index (χ1n) is 5.10. The van der Waals surface area contributed by atoms with Crippen LogP contribution in [0.25, 0.3) is 0 Å². The highest BCUT2D eigenvalue weighted by Gasteiger charge is 2.29. The Hall–Kier alpha value is -1.55. The second-order valence-corrected chi connectivity index (χ2v) is 3.80. The van der Waals surface area contributed by atoms with Crippen LogP contribution in [0.5, 0.6) is 0 Å². The van der Waals surface area contributed by atoms with E-state index in [-0.39, 0.29) is 6.03 Å². The van der Waals surface area contributed by atoms with Gasteiger partial charge in [-0.15, -0.1) is 0 Å². The number of hydrogen-bond donors (Lipinski definition) is 2. The Morgan fingerprint density at radius 1 is 1.40 bits per heavy atom. The van der Waals surface area contributed by atoms with Gasteiger partial charge in [0.2, 0.25) is 0 Å². The highest BCUT2D eigenvalue weighted by Crippen LogP contribution is 2.15. The fraction of sp³-hybridized carbons (Fsp3) is 0.364. The summed E-state index contributed by atoms with van der Waals surface area (Å²) in [5.74, 6) is 0.478. The smallest absolute Gasteiger partial charge is 0.321 e. The van der Waals surface area contributed by atoms with Crippen LogP contribution in [0.15, 0.2) is 30.3 Å². The largest absolute Gasteiger partial charge is 0.330 e. The van der Waals surface area contributed by atoms with E-state index in [0.29, 0.717) is 12.5 Å². The maximum absolute atomic E-state index is 11.6. The summed E-state index contributed by atoms with van der Waals surface area (Å²) in [5.41, 5.74) is 6.32. The van der Waals surface area contributed by atoms with Crippen molar-refractivity contribution in [3.8, 4) is 0 Å². The molecule has 4 nitrogen and oxygen atoms in total. The molecule has 0 aliphatic carbocycles. The van der Waals surface area contributed by atoms with Gasteiger partial charge in [-0.2, -0.15) is 0 Å².